The van der Waals surface area contributed by atoms with Crippen LogP contribution in [0.2, 0.25) is 0 Å². The molecule has 10 heteroatoms. The second-order valence-corrected chi connectivity index (χ2v) is 5.18. The first kappa shape index (κ1) is 31.0. The zero-order valence-corrected chi connectivity index (χ0v) is 18.2. The maximum Gasteiger partial charge on any atom is 0.241 e. The Kier molecular flexibility index (Phi) is 24.0. The molecule has 1 fully saturated rings. The Morgan fingerprint density at radius 3 is 1.77 bits per heavy atom. The molecule has 2 atom stereocenters. The fourth-order valence-electron chi connectivity index (χ4n) is 1.75. The lowest BCUT2D eigenvalue weighted by atomic mass is 9.86. The molecule has 1 rings (SSSR count). The highest BCUT2D eigenvalue weighted by atomic mass is 33.1. The molecule has 0 bridgehead atoms. The van der Waals surface area contributed by atoms with Crippen LogP contribution < -0.4 is 5.32 Å². The van der Waals surface area contributed by atoms with Crippen molar-refractivity contribution in [3.05, 3.63) is 0 Å². The van der Waals surface area contributed by atoms with E-state index in [1.807, 2.05) is 27.7 Å². The molecule has 0 aliphatic carbocycles. The number of nitrogens with one attached hydrogen (secondary N) is 1. The molecular formula is C12H30N2O2S6. The maximum atomic E-state index is 12.0. The third kappa shape index (κ3) is 10.9. The Morgan fingerprint density at radius 2 is 1.55 bits per heavy atom. The second kappa shape index (κ2) is 17.0. The van der Waals surface area contributed by atoms with Gasteiger partial charge in [-0.2, -0.15) is 0 Å². The number of amides is 1. The third-order valence-corrected chi connectivity index (χ3v) is 2.81. The van der Waals surface area contributed by atoms with Gasteiger partial charge in [-0.25, -0.2) is 0 Å². The molecule has 0 spiro atoms. The van der Waals surface area contributed by atoms with E-state index in [1.165, 1.54) is 0 Å². The van der Waals surface area contributed by atoms with Crippen molar-refractivity contribution < 1.29 is 9.59 Å². The van der Waals surface area contributed by atoms with Gasteiger partial charge in [-0.1, -0.05) is 28.2 Å². The van der Waals surface area contributed by atoms with E-state index in [0.717, 1.165) is 0 Å². The Labute approximate surface area is 167 Å². The van der Waals surface area contributed by atoms with Crippen LogP contribution in [0.25, 0.3) is 0 Å². The second-order valence-electron chi connectivity index (χ2n) is 5.18. The highest BCUT2D eigenvalue weighted by Crippen LogP contribution is 2.21. The van der Waals surface area contributed by atoms with E-state index < -0.39 is 5.41 Å². The summed E-state index contributed by atoms with van der Waals surface area (Å²) in [4.78, 5) is 25.3. The first-order chi connectivity index (χ1) is 9.75. The number of Topliss-reactive ketones (excluding diaryl/α,β-unsaturated/α-hetero) is 1. The van der Waals surface area contributed by atoms with Gasteiger partial charge in [-0.05, 0) is 13.8 Å². The van der Waals surface area contributed by atoms with Crippen molar-refractivity contribution in [2.45, 2.75) is 54.1 Å². The van der Waals surface area contributed by atoms with E-state index >= 15 is 0 Å². The summed E-state index contributed by atoms with van der Waals surface area (Å²) in [6.07, 6.45) is 0. The average Bonchev–Trinajstić information content (AvgIpc) is 2.83. The van der Waals surface area contributed by atoms with Gasteiger partial charge >= 0.3 is 0 Å². The highest BCUT2D eigenvalue weighted by Gasteiger charge is 2.37. The SMILES string of the molecule is C.CC1NCN(C(C)C(=O)C(C)(C)C)C1=O.SS.SS.SS. The smallest absolute Gasteiger partial charge is 0.241 e. The van der Waals surface area contributed by atoms with Crippen LogP contribution in [0, 0.1) is 5.41 Å². The van der Waals surface area contributed by atoms with Crippen LogP contribution in [-0.4, -0.2) is 35.3 Å². The van der Waals surface area contributed by atoms with Gasteiger partial charge in [-0.3, -0.25) is 14.9 Å². The molecule has 1 heterocycles. The lowest BCUT2D eigenvalue weighted by Gasteiger charge is -2.28. The summed E-state index contributed by atoms with van der Waals surface area (Å²) < 4.78 is 0. The standard InChI is InChI=1S/C11H20N2O2.CH4.3H2S2/c1-7-10(15)13(6-12-7)8(2)9(14)11(3,4)5;;3*1-2/h7-8,12H,6H2,1-5H3;1H4;3*1-2H. The van der Waals surface area contributed by atoms with Crippen molar-refractivity contribution in [2.24, 2.45) is 5.41 Å². The molecule has 1 aliphatic heterocycles. The molecule has 4 nitrogen and oxygen atoms in total. The molecule has 0 radical (unpaired) electrons. The lowest BCUT2D eigenvalue weighted by Crippen LogP contribution is -2.45. The summed E-state index contributed by atoms with van der Waals surface area (Å²) >= 11 is 19.3. The molecule has 1 saturated heterocycles. The maximum absolute atomic E-state index is 12.0. The van der Waals surface area contributed by atoms with Crippen LogP contribution >= 0.6 is 70.0 Å². The van der Waals surface area contributed by atoms with Crippen molar-refractivity contribution in [3.63, 3.8) is 0 Å². The molecule has 1 amide bonds. The van der Waals surface area contributed by atoms with Gasteiger partial charge in [0, 0.05) is 5.41 Å². The number of hydrogen-bond acceptors (Lipinski definition) is 9. The number of nitrogens with zero attached hydrogens (tertiary/aromatic N) is 1. The summed E-state index contributed by atoms with van der Waals surface area (Å²) in [5.41, 5.74) is -0.397. The van der Waals surface area contributed by atoms with E-state index in [9.17, 15) is 9.59 Å². The molecule has 2 unspecified atom stereocenters. The van der Waals surface area contributed by atoms with Gasteiger partial charge in [0.25, 0.3) is 0 Å². The van der Waals surface area contributed by atoms with Gasteiger partial charge in [0.1, 0.15) is 0 Å². The Morgan fingerprint density at radius 1 is 1.18 bits per heavy atom. The van der Waals surface area contributed by atoms with Crippen molar-refractivity contribution in [3.8, 4) is 0 Å². The van der Waals surface area contributed by atoms with E-state index in [-0.39, 0.29) is 31.2 Å². The van der Waals surface area contributed by atoms with E-state index in [1.54, 1.807) is 11.8 Å². The summed E-state index contributed by atoms with van der Waals surface area (Å²) in [6, 6.07) is -0.504. The zero-order valence-electron chi connectivity index (χ0n) is 12.8. The van der Waals surface area contributed by atoms with Gasteiger partial charge in [0.15, 0.2) is 5.78 Å². The van der Waals surface area contributed by atoms with Crippen LogP contribution in [0.15, 0.2) is 0 Å². The Hall–Kier alpha value is 1.20. The summed E-state index contributed by atoms with van der Waals surface area (Å²) in [6.45, 7) is 9.72. The largest absolute Gasteiger partial charge is 0.319 e. The normalized spacial score (nSPS) is 17.5. The van der Waals surface area contributed by atoms with Crippen LogP contribution in [0.3, 0.4) is 0 Å². The lowest BCUT2D eigenvalue weighted by molar-refractivity contribution is -0.139. The Bertz CT molecular complexity index is 300. The summed E-state index contributed by atoms with van der Waals surface area (Å²) in [5, 5.41) is 3.03. The fourth-order valence-corrected chi connectivity index (χ4v) is 1.75. The minimum absolute atomic E-state index is 0. The minimum Gasteiger partial charge on any atom is -0.319 e. The van der Waals surface area contributed by atoms with Crippen LogP contribution in [0.1, 0.15) is 42.0 Å². The minimum atomic E-state index is -0.397. The van der Waals surface area contributed by atoms with Crippen LogP contribution in [0.5, 0.6) is 0 Å². The molecule has 136 valence electrons. The van der Waals surface area contributed by atoms with Gasteiger partial charge in [-0.15, -0.1) is 70.0 Å². The van der Waals surface area contributed by atoms with E-state index in [0.29, 0.717) is 6.67 Å². The predicted octanol–water partition coefficient (Wildman–Crippen LogP) is 3.69. The molecule has 1 N–H and O–H groups in total. The monoisotopic (exact) mass is 426 g/mol. The molecular weight excluding hydrogens is 397 g/mol. The van der Waals surface area contributed by atoms with Crippen LogP contribution in [-0.2, 0) is 9.59 Å². The van der Waals surface area contributed by atoms with E-state index in [4.69, 9.17) is 0 Å². The predicted molar refractivity (Wildman–Crippen MR) is 119 cm³/mol. The van der Waals surface area contributed by atoms with Crippen molar-refractivity contribution >= 4 is 81.7 Å². The number of thiol groups is 6. The van der Waals surface area contributed by atoms with Gasteiger partial charge in [0.05, 0.1) is 18.8 Å². The number of carbonyl (C=O) groups excluding carboxylic acids is 2. The van der Waals surface area contributed by atoms with Crippen molar-refractivity contribution in [1.29, 1.82) is 0 Å². The summed E-state index contributed by atoms with van der Waals surface area (Å²) in [5.74, 6) is 0.117. The first-order valence-electron chi connectivity index (χ1n) is 5.93. The highest BCUT2D eigenvalue weighted by molar-refractivity contribution is 8.60. The zero-order chi connectivity index (χ0) is 17.8. The molecule has 0 saturated carbocycles. The number of rotatable bonds is 2. The molecule has 0 aromatic heterocycles. The molecule has 22 heavy (non-hydrogen) atoms. The quantitative estimate of drug-likeness (QED) is 0.272. The Balaban J connectivity index is -0.000000206. The van der Waals surface area contributed by atoms with Gasteiger partial charge < -0.3 is 4.90 Å². The average molecular weight is 427 g/mol. The molecule has 0 aromatic rings. The number of carbonyl (C=O) groups is 2. The molecule has 0 aromatic carbocycles. The summed E-state index contributed by atoms with van der Waals surface area (Å²) in [7, 11) is 0. The molecule has 1 aliphatic rings. The van der Waals surface area contributed by atoms with E-state index in [2.05, 4.69) is 75.3 Å². The van der Waals surface area contributed by atoms with Crippen molar-refractivity contribution in [2.75, 3.05) is 6.67 Å². The van der Waals surface area contributed by atoms with Crippen molar-refractivity contribution in [1.82, 2.24) is 10.2 Å². The number of hydrogen-bond donors (Lipinski definition) is 7. The fraction of sp³-hybridized carbons (Fsp3) is 0.833. The first-order valence-corrected chi connectivity index (χ1v) is 10.7. The van der Waals surface area contributed by atoms with Crippen LogP contribution in [0.4, 0.5) is 0 Å². The van der Waals surface area contributed by atoms with Gasteiger partial charge in [0.2, 0.25) is 5.91 Å². The topological polar surface area (TPSA) is 49.4 Å². The third-order valence-electron chi connectivity index (χ3n) is 2.81. The number of ketones is 1.